The van der Waals surface area contributed by atoms with Crippen molar-refractivity contribution in [3.8, 4) is 11.5 Å². The smallest absolute Gasteiger partial charge is 0.132 e. The quantitative estimate of drug-likeness (QED) is 0.629. The van der Waals surface area contributed by atoms with Gasteiger partial charge in [0, 0.05) is 30.3 Å². The average Bonchev–Trinajstić information content (AvgIpc) is 2.70. The van der Waals surface area contributed by atoms with E-state index in [-0.39, 0.29) is 0 Å². The number of para-hydroxylation sites is 2. The number of benzene rings is 2. The summed E-state index contributed by atoms with van der Waals surface area (Å²) in [6.45, 7) is 3.11. The van der Waals surface area contributed by atoms with Crippen molar-refractivity contribution in [3.05, 3.63) is 71.5 Å². The third-order valence-electron chi connectivity index (χ3n) is 4.14. The van der Waals surface area contributed by atoms with Gasteiger partial charge in [-0.05, 0) is 19.1 Å². The number of hydrogen-bond acceptors (Lipinski definition) is 6. The first kappa shape index (κ1) is 18.5. The summed E-state index contributed by atoms with van der Waals surface area (Å²) in [5, 5.41) is 6.68. The molecule has 140 valence electrons. The largest absolute Gasteiger partial charge is 0.496 e. The van der Waals surface area contributed by atoms with Crippen molar-refractivity contribution in [1.29, 1.82) is 0 Å². The zero-order chi connectivity index (χ0) is 19.1. The molecule has 0 spiro atoms. The lowest BCUT2D eigenvalue weighted by molar-refractivity contribution is 0.410. The van der Waals surface area contributed by atoms with Gasteiger partial charge in [-0.15, -0.1) is 0 Å². The predicted molar refractivity (Wildman–Crippen MR) is 107 cm³/mol. The molecule has 6 heteroatoms. The van der Waals surface area contributed by atoms with Crippen LogP contribution in [0.2, 0.25) is 0 Å². The molecular formula is C21H24N4O2. The Labute approximate surface area is 159 Å². The number of aryl methyl sites for hydroxylation is 1. The number of hydrogen-bond donors (Lipinski definition) is 2. The minimum atomic E-state index is 0.617. The van der Waals surface area contributed by atoms with Gasteiger partial charge in [-0.25, -0.2) is 9.97 Å². The molecule has 0 aliphatic rings. The van der Waals surface area contributed by atoms with Gasteiger partial charge in [-0.1, -0.05) is 36.4 Å². The van der Waals surface area contributed by atoms with Gasteiger partial charge in [0.2, 0.25) is 0 Å². The Balaban J connectivity index is 1.69. The lowest BCUT2D eigenvalue weighted by atomic mass is 10.2. The van der Waals surface area contributed by atoms with E-state index in [0.717, 1.165) is 34.3 Å². The monoisotopic (exact) mass is 364 g/mol. The first-order chi connectivity index (χ1) is 13.2. The molecule has 0 atom stereocenters. The Morgan fingerprint density at radius 3 is 1.63 bits per heavy atom. The summed E-state index contributed by atoms with van der Waals surface area (Å²) in [4.78, 5) is 8.93. The van der Waals surface area contributed by atoms with Gasteiger partial charge >= 0.3 is 0 Å². The maximum atomic E-state index is 5.39. The third kappa shape index (κ3) is 4.88. The molecule has 3 aromatic rings. The molecule has 2 aromatic carbocycles. The van der Waals surface area contributed by atoms with Crippen LogP contribution in [0.25, 0.3) is 0 Å². The maximum absolute atomic E-state index is 5.39. The van der Waals surface area contributed by atoms with E-state index in [4.69, 9.17) is 9.47 Å². The molecule has 1 heterocycles. The van der Waals surface area contributed by atoms with Crippen LogP contribution in [0.3, 0.4) is 0 Å². The molecule has 0 saturated heterocycles. The number of anilines is 2. The normalized spacial score (nSPS) is 10.3. The summed E-state index contributed by atoms with van der Waals surface area (Å²) < 4.78 is 10.8. The molecule has 3 rings (SSSR count). The highest BCUT2D eigenvalue weighted by molar-refractivity contribution is 5.49. The number of aromatic nitrogens is 2. The fraction of sp³-hybridized carbons (Fsp3) is 0.238. The van der Waals surface area contributed by atoms with E-state index in [9.17, 15) is 0 Å². The summed E-state index contributed by atoms with van der Waals surface area (Å²) in [5.74, 6) is 3.92. The minimum Gasteiger partial charge on any atom is -0.496 e. The fourth-order valence-electron chi connectivity index (χ4n) is 2.82. The average molecular weight is 364 g/mol. The van der Waals surface area contributed by atoms with Gasteiger partial charge in [-0.2, -0.15) is 0 Å². The minimum absolute atomic E-state index is 0.617. The molecule has 6 nitrogen and oxygen atoms in total. The predicted octanol–water partition coefficient (Wildman–Crippen LogP) is 4.03. The fourth-order valence-corrected chi connectivity index (χ4v) is 2.82. The van der Waals surface area contributed by atoms with Gasteiger partial charge in [0.05, 0.1) is 14.2 Å². The molecule has 2 N–H and O–H groups in total. The molecule has 0 unspecified atom stereocenters. The first-order valence-corrected chi connectivity index (χ1v) is 8.77. The third-order valence-corrected chi connectivity index (χ3v) is 4.14. The molecule has 27 heavy (non-hydrogen) atoms. The van der Waals surface area contributed by atoms with E-state index in [1.54, 1.807) is 14.2 Å². The van der Waals surface area contributed by atoms with Gasteiger partial charge in [0.15, 0.2) is 0 Å². The molecule has 1 aromatic heterocycles. The van der Waals surface area contributed by atoms with Gasteiger partial charge in [0.1, 0.15) is 29.0 Å². The van der Waals surface area contributed by atoms with Crippen molar-refractivity contribution in [3.63, 3.8) is 0 Å². The second-order valence-electron chi connectivity index (χ2n) is 6.02. The van der Waals surface area contributed by atoms with E-state index in [1.165, 1.54) is 0 Å². The number of methoxy groups -OCH3 is 2. The first-order valence-electron chi connectivity index (χ1n) is 8.77. The number of rotatable bonds is 8. The van der Waals surface area contributed by atoms with E-state index in [1.807, 2.05) is 61.5 Å². The van der Waals surface area contributed by atoms with Crippen molar-refractivity contribution in [2.45, 2.75) is 20.0 Å². The van der Waals surface area contributed by atoms with Crippen LogP contribution < -0.4 is 20.1 Å². The van der Waals surface area contributed by atoms with Gasteiger partial charge < -0.3 is 20.1 Å². The zero-order valence-electron chi connectivity index (χ0n) is 15.8. The standard InChI is InChI=1S/C21H24N4O2/c1-15-24-20(22-13-16-8-4-6-10-18(16)26-2)12-21(25-15)23-14-17-9-5-7-11-19(17)27-3/h4-12H,13-14H2,1-3H3,(H2,22,23,24,25). The Morgan fingerprint density at radius 1 is 0.741 bits per heavy atom. The highest BCUT2D eigenvalue weighted by atomic mass is 16.5. The van der Waals surface area contributed by atoms with E-state index in [0.29, 0.717) is 18.9 Å². The highest BCUT2D eigenvalue weighted by Gasteiger charge is 2.06. The SMILES string of the molecule is COc1ccccc1CNc1cc(NCc2ccccc2OC)nc(C)n1. The molecule has 0 bridgehead atoms. The Kier molecular flexibility index (Phi) is 6.10. The molecule has 0 aliphatic carbocycles. The van der Waals surface area contributed by atoms with Crippen LogP contribution >= 0.6 is 0 Å². The topological polar surface area (TPSA) is 68.3 Å². The lowest BCUT2D eigenvalue weighted by Gasteiger charge is -2.13. The van der Waals surface area contributed by atoms with Crippen LogP contribution in [-0.2, 0) is 13.1 Å². The summed E-state index contributed by atoms with van der Waals surface area (Å²) in [6, 6.07) is 17.7. The summed E-state index contributed by atoms with van der Waals surface area (Å²) in [7, 11) is 3.35. The molecule has 0 fully saturated rings. The van der Waals surface area contributed by atoms with Crippen LogP contribution in [-0.4, -0.2) is 24.2 Å². The highest BCUT2D eigenvalue weighted by Crippen LogP contribution is 2.21. The molecule has 0 radical (unpaired) electrons. The maximum Gasteiger partial charge on any atom is 0.132 e. The van der Waals surface area contributed by atoms with Crippen molar-refractivity contribution < 1.29 is 9.47 Å². The van der Waals surface area contributed by atoms with Crippen LogP contribution in [0.5, 0.6) is 11.5 Å². The van der Waals surface area contributed by atoms with Crippen LogP contribution in [0, 0.1) is 6.92 Å². The molecule has 0 aliphatic heterocycles. The molecule has 0 saturated carbocycles. The van der Waals surface area contributed by atoms with Gasteiger partial charge in [-0.3, -0.25) is 0 Å². The number of ether oxygens (including phenoxy) is 2. The second-order valence-corrected chi connectivity index (χ2v) is 6.02. The zero-order valence-corrected chi connectivity index (χ0v) is 15.8. The molecular weight excluding hydrogens is 340 g/mol. The summed E-state index contributed by atoms with van der Waals surface area (Å²) >= 11 is 0. The Morgan fingerprint density at radius 2 is 1.19 bits per heavy atom. The lowest BCUT2D eigenvalue weighted by Crippen LogP contribution is -2.08. The van der Waals surface area contributed by atoms with E-state index >= 15 is 0 Å². The van der Waals surface area contributed by atoms with Crippen LogP contribution in [0.4, 0.5) is 11.6 Å². The second kappa shape index (κ2) is 8.89. The van der Waals surface area contributed by atoms with Gasteiger partial charge in [0.25, 0.3) is 0 Å². The van der Waals surface area contributed by atoms with Crippen LogP contribution in [0.15, 0.2) is 54.6 Å². The van der Waals surface area contributed by atoms with Crippen LogP contribution in [0.1, 0.15) is 17.0 Å². The number of nitrogens with zero attached hydrogens (tertiary/aromatic N) is 2. The Bertz CT molecular complexity index is 829. The Hall–Kier alpha value is -3.28. The van der Waals surface area contributed by atoms with E-state index < -0.39 is 0 Å². The van der Waals surface area contributed by atoms with Crippen molar-refractivity contribution in [1.82, 2.24) is 9.97 Å². The van der Waals surface area contributed by atoms with E-state index in [2.05, 4.69) is 20.6 Å². The molecule has 0 amide bonds. The van der Waals surface area contributed by atoms with Crippen molar-refractivity contribution >= 4 is 11.6 Å². The number of nitrogens with one attached hydrogen (secondary N) is 2. The summed E-state index contributed by atoms with van der Waals surface area (Å²) in [6.07, 6.45) is 0. The van der Waals surface area contributed by atoms with Crippen molar-refractivity contribution in [2.75, 3.05) is 24.9 Å². The van der Waals surface area contributed by atoms with Crippen molar-refractivity contribution in [2.24, 2.45) is 0 Å². The summed E-state index contributed by atoms with van der Waals surface area (Å²) in [5.41, 5.74) is 2.14.